The number of nitrogens with zero attached hydrogens (tertiary/aromatic N) is 2. The number of amides is 1. The largest absolute Gasteiger partial charge is 0.490 e. The van der Waals surface area contributed by atoms with E-state index in [4.69, 9.17) is 16.5 Å². The van der Waals surface area contributed by atoms with E-state index in [9.17, 15) is 13.6 Å². The Morgan fingerprint density at radius 2 is 1.77 bits per heavy atom. The molecule has 0 spiro atoms. The van der Waals surface area contributed by atoms with E-state index in [1.54, 1.807) is 0 Å². The molecule has 0 saturated carbocycles. The standard InChI is InChI=1S/C19H19ClF2N2O2/c1-23-8-6-17(7-9-23)26-18-11-15(22)10-16(12-18)24(20)19(25)13-2-4-14(21)5-3-13/h2-5,10-12,17H,6-9H2,1H3. The molecule has 0 N–H and O–H groups in total. The summed E-state index contributed by atoms with van der Waals surface area (Å²) in [5.41, 5.74) is 0.354. The highest BCUT2D eigenvalue weighted by atomic mass is 35.5. The van der Waals surface area contributed by atoms with E-state index >= 15 is 0 Å². The topological polar surface area (TPSA) is 32.8 Å². The average Bonchev–Trinajstić information content (AvgIpc) is 2.62. The summed E-state index contributed by atoms with van der Waals surface area (Å²) in [5, 5.41) is 0. The van der Waals surface area contributed by atoms with Crippen molar-refractivity contribution in [2.45, 2.75) is 18.9 Å². The number of hydrogen-bond donors (Lipinski definition) is 0. The minimum atomic E-state index is -0.581. The molecule has 1 aliphatic heterocycles. The van der Waals surface area contributed by atoms with E-state index in [0.717, 1.165) is 48.5 Å². The normalized spacial score (nSPS) is 15.7. The van der Waals surface area contributed by atoms with Crippen LogP contribution in [0.1, 0.15) is 23.2 Å². The van der Waals surface area contributed by atoms with Gasteiger partial charge in [-0.15, -0.1) is 0 Å². The minimum absolute atomic E-state index is 0.00238. The van der Waals surface area contributed by atoms with Crippen molar-refractivity contribution < 1.29 is 18.3 Å². The fourth-order valence-corrected chi connectivity index (χ4v) is 3.04. The van der Waals surface area contributed by atoms with E-state index in [-0.39, 0.29) is 17.4 Å². The lowest BCUT2D eigenvalue weighted by Crippen LogP contribution is -2.35. The molecular weight excluding hydrogens is 362 g/mol. The van der Waals surface area contributed by atoms with Crippen LogP contribution in [0.15, 0.2) is 42.5 Å². The highest BCUT2D eigenvalue weighted by Gasteiger charge is 2.21. The lowest BCUT2D eigenvalue weighted by Gasteiger charge is -2.29. The number of piperidine rings is 1. The van der Waals surface area contributed by atoms with Crippen LogP contribution in [0.2, 0.25) is 0 Å². The zero-order valence-electron chi connectivity index (χ0n) is 14.3. The summed E-state index contributed by atoms with van der Waals surface area (Å²) in [5.74, 6) is -1.26. The summed E-state index contributed by atoms with van der Waals surface area (Å²) in [6.45, 7) is 1.83. The molecule has 2 aromatic carbocycles. The molecular formula is C19H19ClF2N2O2. The van der Waals surface area contributed by atoms with Crippen molar-refractivity contribution in [3.05, 3.63) is 59.7 Å². The SMILES string of the molecule is CN1CCC(Oc2cc(F)cc(N(Cl)C(=O)c3ccc(F)cc3)c2)CC1. The van der Waals surface area contributed by atoms with Gasteiger partial charge in [0.25, 0.3) is 5.91 Å². The Hall–Kier alpha value is -2.18. The first-order valence-corrected chi connectivity index (χ1v) is 8.68. The van der Waals surface area contributed by atoms with Crippen LogP contribution in [0.3, 0.4) is 0 Å². The van der Waals surface area contributed by atoms with Crippen molar-refractivity contribution in [1.29, 1.82) is 0 Å². The summed E-state index contributed by atoms with van der Waals surface area (Å²) in [6, 6.07) is 8.92. The molecule has 0 bridgehead atoms. The summed E-state index contributed by atoms with van der Waals surface area (Å²) in [7, 11) is 2.04. The smallest absolute Gasteiger partial charge is 0.272 e. The van der Waals surface area contributed by atoms with Crippen LogP contribution in [-0.2, 0) is 0 Å². The van der Waals surface area contributed by atoms with E-state index < -0.39 is 17.5 Å². The van der Waals surface area contributed by atoms with Gasteiger partial charge in [-0.05, 0) is 50.2 Å². The number of halogens is 3. The molecule has 0 aromatic heterocycles. The van der Waals surface area contributed by atoms with Gasteiger partial charge in [0.05, 0.1) is 5.69 Å². The maximum atomic E-state index is 14.0. The van der Waals surface area contributed by atoms with Crippen molar-refractivity contribution in [3.8, 4) is 5.75 Å². The number of anilines is 1. The monoisotopic (exact) mass is 380 g/mol. The second kappa shape index (κ2) is 8.01. The van der Waals surface area contributed by atoms with Crippen LogP contribution in [0.4, 0.5) is 14.5 Å². The lowest BCUT2D eigenvalue weighted by atomic mass is 10.1. The molecule has 0 atom stereocenters. The van der Waals surface area contributed by atoms with Gasteiger partial charge in [-0.1, -0.05) is 0 Å². The zero-order valence-corrected chi connectivity index (χ0v) is 15.0. The molecule has 3 rings (SSSR count). The quantitative estimate of drug-likeness (QED) is 0.744. The van der Waals surface area contributed by atoms with Crippen LogP contribution >= 0.6 is 11.8 Å². The predicted octanol–water partition coefficient (Wildman–Crippen LogP) is 4.24. The van der Waals surface area contributed by atoms with Crippen molar-refractivity contribution in [2.24, 2.45) is 0 Å². The number of benzene rings is 2. The molecule has 0 aliphatic carbocycles. The van der Waals surface area contributed by atoms with Gasteiger partial charge in [0, 0.05) is 42.6 Å². The maximum Gasteiger partial charge on any atom is 0.272 e. The first-order chi connectivity index (χ1) is 12.4. The molecule has 1 aliphatic rings. The first-order valence-electron chi connectivity index (χ1n) is 8.34. The van der Waals surface area contributed by atoms with E-state index in [2.05, 4.69) is 4.90 Å². The summed E-state index contributed by atoms with van der Waals surface area (Å²) in [6.07, 6.45) is 1.69. The lowest BCUT2D eigenvalue weighted by molar-refractivity contribution is 0.101. The van der Waals surface area contributed by atoms with Crippen molar-refractivity contribution >= 4 is 23.4 Å². The van der Waals surface area contributed by atoms with Gasteiger partial charge in [-0.25, -0.2) is 13.2 Å². The van der Waals surface area contributed by atoms with E-state index in [1.807, 2.05) is 7.05 Å². The fraction of sp³-hybridized carbons (Fsp3) is 0.316. The Bertz CT molecular complexity index is 778. The zero-order chi connectivity index (χ0) is 18.7. The Morgan fingerprint density at radius 1 is 1.12 bits per heavy atom. The molecule has 2 aromatic rings. The number of likely N-dealkylation sites (tertiary alicyclic amines) is 1. The van der Waals surface area contributed by atoms with Crippen LogP contribution in [0.25, 0.3) is 0 Å². The molecule has 4 nitrogen and oxygen atoms in total. The molecule has 1 heterocycles. The van der Waals surface area contributed by atoms with Crippen molar-refractivity contribution in [2.75, 3.05) is 24.6 Å². The molecule has 0 unspecified atom stereocenters. The number of rotatable bonds is 4. The highest BCUT2D eigenvalue weighted by molar-refractivity contribution is 6.39. The van der Waals surface area contributed by atoms with Crippen LogP contribution < -0.4 is 9.16 Å². The van der Waals surface area contributed by atoms with Crippen molar-refractivity contribution in [3.63, 3.8) is 0 Å². The Labute approximate surface area is 156 Å². The Morgan fingerprint density at radius 3 is 2.42 bits per heavy atom. The van der Waals surface area contributed by atoms with Gasteiger partial charge in [-0.3, -0.25) is 4.79 Å². The summed E-state index contributed by atoms with van der Waals surface area (Å²) in [4.78, 5) is 14.6. The average molecular weight is 381 g/mol. The first kappa shape index (κ1) is 18.6. The Balaban J connectivity index is 1.75. The van der Waals surface area contributed by atoms with Gasteiger partial charge < -0.3 is 9.64 Å². The summed E-state index contributed by atoms with van der Waals surface area (Å²) >= 11 is 6.10. The van der Waals surface area contributed by atoms with Gasteiger partial charge in [0.2, 0.25) is 0 Å². The third-order valence-corrected chi connectivity index (χ3v) is 4.67. The maximum absolute atomic E-state index is 14.0. The number of carbonyl (C=O) groups is 1. The Kier molecular flexibility index (Phi) is 5.74. The second-order valence-electron chi connectivity index (χ2n) is 6.36. The van der Waals surface area contributed by atoms with Gasteiger partial charge in [0.1, 0.15) is 23.5 Å². The van der Waals surface area contributed by atoms with Crippen LogP contribution in [0.5, 0.6) is 5.75 Å². The van der Waals surface area contributed by atoms with Gasteiger partial charge >= 0.3 is 0 Å². The summed E-state index contributed by atoms with van der Waals surface area (Å²) < 4.78 is 33.7. The fourth-order valence-electron chi connectivity index (χ4n) is 2.85. The number of hydrogen-bond acceptors (Lipinski definition) is 3. The molecule has 138 valence electrons. The highest BCUT2D eigenvalue weighted by Crippen LogP contribution is 2.28. The number of carbonyl (C=O) groups excluding carboxylic acids is 1. The van der Waals surface area contributed by atoms with E-state index in [1.165, 1.54) is 24.3 Å². The van der Waals surface area contributed by atoms with Gasteiger partial charge in [-0.2, -0.15) is 0 Å². The second-order valence-corrected chi connectivity index (χ2v) is 6.70. The minimum Gasteiger partial charge on any atom is -0.490 e. The molecule has 7 heteroatoms. The third kappa shape index (κ3) is 4.51. The molecule has 26 heavy (non-hydrogen) atoms. The van der Waals surface area contributed by atoms with Crippen LogP contribution in [-0.4, -0.2) is 37.0 Å². The molecule has 1 amide bonds. The molecule has 0 radical (unpaired) electrons. The predicted molar refractivity (Wildman–Crippen MR) is 96.6 cm³/mol. The third-order valence-electron chi connectivity index (χ3n) is 4.32. The molecule has 1 fully saturated rings. The van der Waals surface area contributed by atoms with Crippen molar-refractivity contribution in [1.82, 2.24) is 4.90 Å². The van der Waals surface area contributed by atoms with Gasteiger partial charge in [0.15, 0.2) is 0 Å². The van der Waals surface area contributed by atoms with E-state index in [0.29, 0.717) is 5.75 Å². The number of ether oxygens (including phenoxy) is 1. The van der Waals surface area contributed by atoms with Crippen LogP contribution in [0, 0.1) is 11.6 Å². The molecule has 1 saturated heterocycles.